The molecule has 0 aliphatic rings. The molecule has 1 aromatic carbocycles. The Balaban J connectivity index is 2.54. The highest BCUT2D eigenvalue weighted by atomic mass is 16.6. The molecule has 2 atom stereocenters. The number of hydrogen-bond acceptors (Lipinski definition) is 4. The number of hydrogen-bond donors (Lipinski definition) is 1. The molecule has 0 fully saturated rings. The van der Waals surface area contributed by atoms with Gasteiger partial charge in [0.05, 0.1) is 0 Å². The van der Waals surface area contributed by atoms with Crippen molar-refractivity contribution >= 4 is 12.1 Å². The van der Waals surface area contributed by atoms with E-state index < -0.39 is 24.2 Å². The first kappa shape index (κ1) is 17.6. The fourth-order valence-corrected chi connectivity index (χ4v) is 1.67. The number of benzene rings is 1. The van der Waals surface area contributed by atoms with Crippen LogP contribution in [-0.2, 0) is 20.9 Å². The lowest BCUT2D eigenvalue weighted by Gasteiger charge is -2.21. The zero-order valence-electron chi connectivity index (χ0n) is 13.0. The highest BCUT2D eigenvalue weighted by Gasteiger charge is 2.27. The Morgan fingerprint density at radius 2 is 1.86 bits per heavy atom. The number of rotatable bonds is 6. The van der Waals surface area contributed by atoms with E-state index in [9.17, 15) is 9.59 Å². The minimum atomic E-state index is -0.806. The molecule has 0 saturated heterocycles. The summed E-state index contributed by atoms with van der Waals surface area (Å²) in [5.74, 6) is 1.58. The monoisotopic (exact) mass is 303 g/mol. The molecule has 22 heavy (non-hydrogen) atoms. The second kappa shape index (κ2) is 8.73. The molecule has 0 aliphatic carbocycles. The summed E-state index contributed by atoms with van der Waals surface area (Å²) in [6.07, 6.45) is 3.85. The average molecular weight is 303 g/mol. The minimum Gasteiger partial charge on any atom is -0.448 e. The third-order valence-corrected chi connectivity index (χ3v) is 2.93. The summed E-state index contributed by atoms with van der Waals surface area (Å²) in [6, 6.07) is 8.46. The lowest BCUT2D eigenvalue weighted by molar-refractivity contribution is -0.149. The average Bonchev–Trinajstić information content (AvgIpc) is 2.51. The Labute approximate surface area is 131 Å². The quantitative estimate of drug-likeness (QED) is 0.648. The van der Waals surface area contributed by atoms with Gasteiger partial charge < -0.3 is 14.8 Å². The number of nitrogens with one attached hydrogen (secondary N) is 1. The van der Waals surface area contributed by atoms with Crippen LogP contribution in [0.3, 0.4) is 0 Å². The first-order valence-corrected chi connectivity index (χ1v) is 7.08. The van der Waals surface area contributed by atoms with Gasteiger partial charge in [0.25, 0.3) is 0 Å². The van der Waals surface area contributed by atoms with E-state index in [4.69, 9.17) is 15.9 Å². The van der Waals surface area contributed by atoms with Crippen LogP contribution in [0.1, 0.15) is 26.3 Å². The Hall–Kier alpha value is -2.48. The topological polar surface area (TPSA) is 64.6 Å². The molecule has 0 aliphatic heterocycles. The van der Waals surface area contributed by atoms with Crippen LogP contribution in [0.15, 0.2) is 30.3 Å². The molecule has 0 aromatic heterocycles. The summed E-state index contributed by atoms with van der Waals surface area (Å²) in [5.41, 5.74) is 0.863. The number of amides is 1. The predicted molar refractivity (Wildman–Crippen MR) is 82.8 cm³/mol. The van der Waals surface area contributed by atoms with Gasteiger partial charge in [-0.1, -0.05) is 50.1 Å². The normalized spacial score (nSPS) is 12.9. The maximum Gasteiger partial charge on any atom is 0.408 e. The van der Waals surface area contributed by atoms with Gasteiger partial charge in [-0.3, -0.25) is 0 Å². The predicted octanol–water partition coefficient (Wildman–Crippen LogP) is 2.50. The molecule has 1 amide bonds. The van der Waals surface area contributed by atoms with E-state index in [0.29, 0.717) is 0 Å². The lowest BCUT2D eigenvalue weighted by atomic mass is 10.1. The second-order valence-corrected chi connectivity index (χ2v) is 5.17. The largest absolute Gasteiger partial charge is 0.448 e. The van der Waals surface area contributed by atoms with Crippen molar-refractivity contribution in [3.8, 4) is 12.3 Å². The SMILES string of the molecule is C#CC(C)OC(=O)[C@@H](NC(=O)OCc1ccccc1)C(C)C. The third-order valence-electron chi connectivity index (χ3n) is 2.93. The molecule has 0 spiro atoms. The van der Waals surface area contributed by atoms with Crippen LogP contribution in [0, 0.1) is 18.3 Å². The zero-order valence-corrected chi connectivity index (χ0v) is 13.0. The summed E-state index contributed by atoms with van der Waals surface area (Å²) in [5, 5.41) is 2.51. The smallest absolute Gasteiger partial charge is 0.408 e. The molecule has 5 heteroatoms. The number of carbonyl (C=O) groups excluding carboxylic acids is 2. The Morgan fingerprint density at radius 3 is 2.41 bits per heavy atom. The van der Waals surface area contributed by atoms with Gasteiger partial charge in [0.1, 0.15) is 12.6 Å². The first-order valence-electron chi connectivity index (χ1n) is 7.08. The van der Waals surface area contributed by atoms with Crippen molar-refractivity contribution in [2.24, 2.45) is 5.92 Å². The Bertz CT molecular complexity index is 533. The van der Waals surface area contributed by atoms with Gasteiger partial charge in [-0.25, -0.2) is 9.59 Å². The standard InChI is InChI=1S/C17H21NO4/c1-5-13(4)22-16(19)15(12(2)3)18-17(20)21-11-14-9-7-6-8-10-14/h1,6-10,12-13,15H,11H2,2-4H3,(H,18,20)/t13?,15-/m0/s1. The summed E-state index contributed by atoms with van der Waals surface area (Å²) >= 11 is 0. The maximum absolute atomic E-state index is 12.0. The highest BCUT2D eigenvalue weighted by molar-refractivity contribution is 5.81. The summed E-state index contributed by atoms with van der Waals surface area (Å²) in [7, 11) is 0. The minimum absolute atomic E-state index is 0.132. The van der Waals surface area contributed by atoms with Crippen LogP contribution in [0.4, 0.5) is 4.79 Å². The molecule has 0 radical (unpaired) electrons. The Kier molecular flexibility index (Phi) is 6.97. The first-order chi connectivity index (χ1) is 10.4. The summed E-state index contributed by atoms with van der Waals surface area (Å²) in [4.78, 5) is 23.8. The van der Waals surface area contributed by atoms with E-state index in [1.165, 1.54) is 0 Å². The number of alkyl carbamates (subject to hydrolysis) is 1. The molecule has 1 unspecified atom stereocenters. The van der Waals surface area contributed by atoms with Crippen LogP contribution in [0.2, 0.25) is 0 Å². The van der Waals surface area contributed by atoms with E-state index >= 15 is 0 Å². The van der Waals surface area contributed by atoms with Gasteiger partial charge in [-0.05, 0) is 18.4 Å². The van der Waals surface area contributed by atoms with Gasteiger partial charge in [0.2, 0.25) is 0 Å². The van der Waals surface area contributed by atoms with Crippen molar-refractivity contribution in [2.75, 3.05) is 0 Å². The third kappa shape index (κ3) is 5.88. The van der Waals surface area contributed by atoms with E-state index in [-0.39, 0.29) is 12.5 Å². The van der Waals surface area contributed by atoms with E-state index in [2.05, 4.69) is 11.2 Å². The van der Waals surface area contributed by atoms with E-state index in [1.807, 2.05) is 30.3 Å². The molecule has 0 bridgehead atoms. The molecule has 5 nitrogen and oxygen atoms in total. The highest BCUT2D eigenvalue weighted by Crippen LogP contribution is 2.07. The van der Waals surface area contributed by atoms with Crippen molar-refractivity contribution in [3.05, 3.63) is 35.9 Å². The van der Waals surface area contributed by atoms with Crippen LogP contribution >= 0.6 is 0 Å². The number of carbonyl (C=O) groups is 2. The fraction of sp³-hybridized carbons (Fsp3) is 0.412. The van der Waals surface area contributed by atoms with Gasteiger partial charge in [-0.2, -0.15) is 0 Å². The van der Waals surface area contributed by atoms with Crippen molar-refractivity contribution in [2.45, 2.75) is 39.5 Å². The molecular formula is C17H21NO4. The van der Waals surface area contributed by atoms with Crippen LogP contribution in [0.5, 0.6) is 0 Å². The van der Waals surface area contributed by atoms with Crippen molar-refractivity contribution < 1.29 is 19.1 Å². The van der Waals surface area contributed by atoms with Gasteiger partial charge >= 0.3 is 12.1 Å². The zero-order chi connectivity index (χ0) is 16.5. The van der Waals surface area contributed by atoms with Crippen molar-refractivity contribution in [1.82, 2.24) is 5.32 Å². The van der Waals surface area contributed by atoms with E-state index in [1.54, 1.807) is 20.8 Å². The number of ether oxygens (including phenoxy) is 2. The van der Waals surface area contributed by atoms with Gasteiger partial charge in [0, 0.05) is 0 Å². The maximum atomic E-state index is 12.0. The second-order valence-electron chi connectivity index (χ2n) is 5.17. The van der Waals surface area contributed by atoms with Crippen molar-refractivity contribution in [3.63, 3.8) is 0 Å². The molecular weight excluding hydrogens is 282 g/mol. The molecule has 1 N–H and O–H groups in total. The molecule has 118 valence electrons. The molecule has 0 heterocycles. The number of terminal acetylenes is 1. The Morgan fingerprint density at radius 1 is 1.23 bits per heavy atom. The lowest BCUT2D eigenvalue weighted by Crippen LogP contribution is -2.46. The number of esters is 1. The molecule has 1 aromatic rings. The van der Waals surface area contributed by atoms with Gasteiger partial charge in [0.15, 0.2) is 6.10 Å². The van der Waals surface area contributed by atoms with Crippen LogP contribution in [0.25, 0.3) is 0 Å². The fourth-order valence-electron chi connectivity index (χ4n) is 1.67. The molecule has 1 rings (SSSR count). The van der Waals surface area contributed by atoms with Gasteiger partial charge in [-0.15, -0.1) is 6.42 Å². The van der Waals surface area contributed by atoms with Crippen molar-refractivity contribution in [1.29, 1.82) is 0 Å². The van der Waals surface area contributed by atoms with Crippen LogP contribution in [-0.4, -0.2) is 24.2 Å². The van der Waals surface area contributed by atoms with E-state index in [0.717, 1.165) is 5.56 Å². The summed E-state index contributed by atoms with van der Waals surface area (Å²) in [6.45, 7) is 5.31. The summed E-state index contributed by atoms with van der Waals surface area (Å²) < 4.78 is 10.1. The van der Waals surface area contributed by atoms with Crippen LogP contribution < -0.4 is 5.32 Å². The molecule has 0 saturated carbocycles.